The Bertz CT molecular complexity index is 480. The van der Waals surface area contributed by atoms with Crippen LogP contribution >= 0.6 is 22.7 Å². The number of thiophene rings is 1. The number of thiazole rings is 1. The third-order valence-corrected chi connectivity index (χ3v) is 5.27. The lowest BCUT2D eigenvalue weighted by Crippen LogP contribution is -2.17. The molecule has 4 heteroatoms. The molecular weight excluding hydrogens is 260 g/mol. The number of hydrogen-bond acceptors (Lipinski definition) is 4. The van der Waals surface area contributed by atoms with Gasteiger partial charge in [0.1, 0.15) is 5.01 Å². The molecule has 18 heavy (non-hydrogen) atoms. The second kappa shape index (κ2) is 5.51. The van der Waals surface area contributed by atoms with Crippen molar-refractivity contribution >= 4 is 22.7 Å². The zero-order valence-corrected chi connectivity index (χ0v) is 13.0. The molecule has 0 aliphatic rings. The van der Waals surface area contributed by atoms with Crippen LogP contribution in [0.3, 0.4) is 0 Å². The number of nitrogens with zero attached hydrogens (tertiary/aromatic N) is 1. The van der Waals surface area contributed by atoms with Crippen molar-refractivity contribution in [3.63, 3.8) is 0 Å². The summed E-state index contributed by atoms with van der Waals surface area (Å²) < 4.78 is 0. The molecule has 1 atom stereocenters. The monoisotopic (exact) mass is 280 g/mol. The Morgan fingerprint density at radius 3 is 2.67 bits per heavy atom. The summed E-state index contributed by atoms with van der Waals surface area (Å²) in [5.41, 5.74) is 0.254. The molecule has 2 aromatic heterocycles. The lowest BCUT2D eigenvalue weighted by molar-refractivity contribution is 0.576. The third kappa shape index (κ3) is 3.40. The molecule has 1 unspecified atom stereocenters. The fourth-order valence-corrected chi connectivity index (χ4v) is 3.35. The van der Waals surface area contributed by atoms with E-state index < -0.39 is 0 Å². The second-order valence-electron chi connectivity index (χ2n) is 5.49. The van der Waals surface area contributed by atoms with Crippen molar-refractivity contribution in [3.05, 3.63) is 38.5 Å². The van der Waals surface area contributed by atoms with Gasteiger partial charge in [-0.15, -0.1) is 22.7 Å². The van der Waals surface area contributed by atoms with Crippen molar-refractivity contribution in [1.29, 1.82) is 0 Å². The first-order valence-electron chi connectivity index (χ1n) is 6.19. The number of rotatable bonds is 4. The molecule has 0 amide bonds. The van der Waals surface area contributed by atoms with Crippen LogP contribution in [0, 0.1) is 0 Å². The number of aromatic nitrogens is 1. The van der Waals surface area contributed by atoms with Gasteiger partial charge in [-0.3, -0.25) is 0 Å². The molecule has 1 N–H and O–H groups in total. The molecule has 2 heterocycles. The van der Waals surface area contributed by atoms with E-state index in [4.69, 9.17) is 0 Å². The summed E-state index contributed by atoms with van der Waals surface area (Å²) in [6.45, 7) is 9.86. The van der Waals surface area contributed by atoms with Crippen molar-refractivity contribution in [1.82, 2.24) is 10.3 Å². The van der Waals surface area contributed by atoms with Crippen LogP contribution in [0.1, 0.15) is 48.5 Å². The van der Waals surface area contributed by atoms with Gasteiger partial charge in [-0.1, -0.05) is 20.8 Å². The Morgan fingerprint density at radius 2 is 2.11 bits per heavy atom. The van der Waals surface area contributed by atoms with E-state index in [1.165, 1.54) is 9.75 Å². The smallest absolute Gasteiger partial charge is 0.109 e. The van der Waals surface area contributed by atoms with Crippen LogP contribution in [0.15, 0.2) is 23.7 Å². The standard InChI is InChI=1S/C14H20N2S2/c1-10(13-15-7-8-17-13)16-9-11-5-6-12(18-11)14(2,3)4/h5-8,10,16H,9H2,1-4H3. The summed E-state index contributed by atoms with van der Waals surface area (Å²) in [7, 11) is 0. The van der Waals surface area contributed by atoms with Crippen LogP contribution in [-0.2, 0) is 12.0 Å². The SMILES string of the molecule is CC(NCc1ccc(C(C)(C)C)s1)c1nccs1. The summed E-state index contributed by atoms with van der Waals surface area (Å²) in [6.07, 6.45) is 1.86. The Balaban J connectivity index is 1.93. The predicted molar refractivity (Wildman–Crippen MR) is 80.4 cm³/mol. The molecule has 0 fully saturated rings. The molecule has 0 aliphatic carbocycles. The molecule has 0 radical (unpaired) electrons. The van der Waals surface area contributed by atoms with Gasteiger partial charge in [0, 0.05) is 27.9 Å². The van der Waals surface area contributed by atoms with E-state index in [1.54, 1.807) is 11.3 Å². The maximum atomic E-state index is 4.33. The summed E-state index contributed by atoms with van der Waals surface area (Å²) >= 11 is 3.60. The number of nitrogens with one attached hydrogen (secondary N) is 1. The Labute approximate surface area is 117 Å². The van der Waals surface area contributed by atoms with Crippen molar-refractivity contribution < 1.29 is 0 Å². The molecule has 0 saturated heterocycles. The summed E-state index contributed by atoms with van der Waals surface area (Å²) in [4.78, 5) is 7.17. The molecule has 0 spiro atoms. The Morgan fingerprint density at radius 1 is 1.33 bits per heavy atom. The first-order chi connectivity index (χ1) is 8.47. The van der Waals surface area contributed by atoms with Crippen molar-refractivity contribution in [2.75, 3.05) is 0 Å². The van der Waals surface area contributed by atoms with Gasteiger partial charge in [-0.2, -0.15) is 0 Å². The maximum Gasteiger partial charge on any atom is 0.109 e. The van der Waals surface area contributed by atoms with Crippen LogP contribution < -0.4 is 5.32 Å². The minimum atomic E-state index is 0.254. The highest BCUT2D eigenvalue weighted by atomic mass is 32.1. The van der Waals surface area contributed by atoms with Crippen molar-refractivity contribution in [2.45, 2.75) is 45.7 Å². The zero-order chi connectivity index (χ0) is 13.2. The fourth-order valence-electron chi connectivity index (χ4n) is 1.67. The van der Waals surface area contributed by atoms with Gasteiger partial charge in [0.25, 0.3) is 0 Å². The second-order valence-corrected chi connectivity index (χ2v) is 7.58. The first kappa shape index (κ1) is 13.7. The van der Waals surface area contributed by atoms with Crippen LogP contribution in [0.2, 0.25) is 0 Å². The van der Waals surface area contributed by atoms with Crippen LogP contribution in [-0.4, -0.2) is 4.98 Å². The number of hydrogen-bond donors (Lipinski definition) is 1. The average molecular weight is 280 g/mol. The molecule has 0 saturated carbocycles. The minimum absolute atomic E-state index is 0.254. The highest BCUT2D eigenvalue weighted by molar-refractivity contribution is 7.12. The fraction of sp³-hybridized carbons (Fsp3) is 0.500. The van der Waals surface area contributed by atoms with E-state index in [-0.39, 0.29) is 5.41 Å². The zero-order valence-electron chi connectivity index (χ0n) is 11.4. The maximum absolute atomic E-state index is 4.33. The summed E-state index contributed by atoms with van der Waals surface area (Å²) in [6, 6.07) is 4.80. The quantitative estimate of drug-likeness (QED) is 0.900. The minimum Gasteiger partial charge on any atom is -0.303 e. The van der Waals surface area contributed by atoms with E-state index in [0.29, 0.717) is 6.04 Å². The molecule has 2 rings (SSSR count). The van der Waals surface area contributed by atoms with Gasteiger partial charge in [0.15, 0.2) is 0 Å². The van der Waals surface area contributed by atoms with Gasteiger partial charge < -0.3 is 5.32 Å². The van der Waals surface area contributed by atoms with Gasteiger partial charge in [0.05, 0.1) is 6.04 Å². The van der Waals surface area contributed by atoms with Crippen molar-refractivity contribution in [3.8, 4) is 0 Å². The Kier molecular flexibility index (Phi) is 4.20. The highest BCUT2D eigenvalue weighted by Gasteiger charge is 2.16. The van der Waals surface area contributed by atoms with Crippen LogP contribution in [0.25, 0.3) is 0 Å². The topological polar surface area (TPSA) is 24.9 Å². The molecule has 2 nitrogen and oxygen atoms in total. The predicted octanol–water partition coefficient (Wildman–Crippen LogP) is 4.35. The third-order valence-electron chi connectivity index (χ3n) is 2.81. The Hall–Kier alpha value is -0.710. The average Bonchev–Trinajstić information content (AvgIpc) is 2.96. The van der Waals surface area contributed by atoms with Crippen LogP contribution in [0.4, 0.5) is 0 Å². The normalized spacial score (nSPS) is 13.8. The van der Waals surface area contributed by atoms with E-state index in [2.05, 4.69) is 50.1 Å². The summed E-state index contributed by atoms with van der Waals surface area (Å²) in [5.74, 6) is 0. The molecule has 0 aliphatic heterocycles. The molecule has 2 aromatic rings. The molecule has 0 bridgehead atoms. The van der Waals surface area contributed by atoms with E-state index in [9.17, 15) is 0 Å². The molecular formula is C14H20N2S2. The van der Waals surface area contributed by atoms with Crippen LogP contribution in [0.5, 0.6) is 0 Å². The van der Waals surface area contributed by atoms with Gasteiger partial charge >= 0.3 is 0 Å². The largest absolute Gasteiger partial charge is 0.303 e. The summed E-state index contributed by atoms with van der Waals surface area (Å²) in [5, 5.41) is 6.70. The molecule has 0 aromatic carbocycles. The lowest BCUT2D eigenvalue weighted by atomic mass is 9.95. The van der Waals surface area contributed by atoms with Gasteiger partial charge in [0.2, 0.25) is 0 Å². The van der Waals surface area contributed by atoms with Crippen molar-refractivity contribution in [2.24, 2.45) is 0 Å². The lowest BCUT2D eigenvalue weighted by Gasteiger charge is -2.15. The van der Waals surface area contributed by atoms with E-state index in [0.717, 1.165) is 11.6 Å². The first-order valence-corrected chi connectivity index (χ1v) is 7.88. The molecule has 98 valence electrons. The highest BCUT2D eigenvalue weighted by Crippen LogP contribution is 2.29. The van der Waals surface area contributed by atoms with E-state index in [1.807, 2.05) is 22.9 Å². The van der Waals surface area contributed by atoms with Gasteiger partial charge in [-0.05, 0) is 24.5 Å². The van der Waals surface area contributed by atoms with E-state index >= 15 is 0 Å². The van der Waals surface area contributed by atoms with Gasteiger partial charge in [-0.25, -0.2) is 4.98 Å².